The van der Waals surface area contributed by atoms with Gasteiger partial charge in [-0.25, -0.2) is 0 Å². The van der Waals surface area contributed by atoms with E-state index in [0.29, 0.717) is 17.9 Å². The highest BCUT2D eigenvalue weighted by molar-refractivity contribution is 5.81. The summed E-state index contributed by atoms with van der Waals surface area (Å²) in [5, 5.41) is 3.20. The van der Waals surface area contributed by atoms with E-state index in [1.807, 2.05) is 4.90 Å². The van der Waals surface area contributed by atoms with E-state index < -0.39 is 0 Å². The lowest BCUT2D eigenvalue weighted by atomic mass is 10.1. The Bertz CT molecular complexity index is 185. The van der Waals surface area contributed by atoms with Crippen molar-refractivity contribution >= 4 is 5.91 Å². The minimum Gasteiger partial charge on any atom is -0.337 e. The number of hydrogen-bond acceptors (Lipinski definition) is 2. The third-order valence-electron chi connectivity index (χ3n) is 2.75. The molecule has 0 radical (unpaired) electrons. The fourth-order valence-corrected chi connectivity index (χ4v) is 1.65. The first-order chi connectivity index (χ1) is 5.83. The smallest absolute Gasteiger partial charge is 0.226 e. The first kappa shape index (κ1) is 8.05. The van der Waals surface area contributed by atoms with Gasteiger partial charge in [0, 0.05) is 25.6 Å². The molecule has 0 unspecified atom stereocenters. The highest BCUT2D eigenvalue weighted by Crippen LogP contribution is 2.31. The monoisotopic (exact) mass is 168 g/mol. The van der Waals surface area contributed by atoms with Crippen LogP contribution in [0, 0.1) is 5.92 Å². The van der Waals surface area contributed by atoms with Gasteiger partial charge in [-0.05, 0) is 19.8 Å². The molecule has 1 saturated heterocycles. The van der Waals surface area contributed by atoms with Crippen LogP contribution in [0.2, 0.25) is 0 Å². The molecule has 2 fully saturated rings. The highest BCUT2D eigenvalue weighted by Gasteiger charge is 2.36. The first-order valence-corrected chi connectivity index (χ1v) is 4.84. The molecule has 12 heavy (non-hydrogen) atoms. The number of carbonyl (C=O) groups excluding carboxylic acids is 1. The SMILES string of the molecule is CCN(C(=O)C1CC1)C1CNC1. The molecular weight excluding hydrogens is 152 g/mol. The van der Waals surface area contributed by atoms with Crippen molar-refractivity contribution in [2.75, 3.05) is 19.6 Å². The molecule has 3 heteroatoms. The Morgan fingerprint density at radius 2 is 2.17 bits per heavy atom. The molecule has 0 spiro atoms. The van der Waals surface area contributed by atoms with E-state index in [1.54, 1.807) is 0 Å². The Morgan fingerprint density at radius 1 is 1.50 bits per heavy atom. The number of nitrogens with zero attached hydrogens (tertiary/aromatic N) is 1. The molecule has 0 bridgehead atoms. The third kappa shape index (κ3) is 1.33. The van der Waals surface area contributed by atoms with E-state index >= 15 is 0 Å². The van der Waals surface area contributed by atoms with Gasteiger partial charge in [0.1, 0.15) is 0 Å². The summed E-state index contributed by atoms with van der Waals surface area (Å²) < 4.78 is 0. The molecule has 68 valence electrons. The van der Waals surface area contributed by atoms with Crippen molar-refractivity contribution in [1.82, 2.24) is 10.2 Å². The molecule has 1 amide bonds. The highest BCUT2D eigenvalue weighted by atomic mass is 16.2. The zero-order valence-corrected chi connectivity index (χ0v) is 7.55. The topological polar surface area (TPSA) is 32.3 Å². The normalized spacial score (nSPS) is 23.4. The molecule has 0 aromatic carbocycles. The van der Waals surface area contributed by atoms with Crippen molar-refractivity contribution in [3.63, 3.8) is 0 Å². The van der Waals surface area contributed by atoms with Crippen LogP contribution in [-0.4, -0.2) is 36.5 Å². The van der Waals surface area contributed by atoms with E-state index in [9.17, 15) is 4.79 Å². The lowest BCUT2D eigenvalue weighted by molar-refractivity contribution is -0.135. The van der Waals surface area contributed by atoms with Gasteiger partial charge in [-0.1, -0.05) is 0 Å². The second-order valence-electron chi connectivity index (χ2n) is 3.71. The molecule has 2 aliphatic rings. The minimum absolute atomic E-state index is 0.380. The Labute approximate surface area is 73.1 Å². The molecule has 0 aromatic heterocycles. The van der Waals surface area contributed by atoms with E-state index in [-0.39, 0.29) is 0 Å². The summed E-state index contributed by atoms with van der Waals surface area (Å²) in [5.74, 6) is 0.773. The van der Waals surface area contributed by atoms with Gasteiger partial charge >= 0.3 is 0 Å². The van der Waals surface area contributed by atoms with Crippen LogP contribution in [0.4, 0.5) is 0 Å². The van der Waals surface area contributed by atoms with Crippen molar-refractivity contribution in [3.05, 3.63) is 0 Å². The third-order valence-corrected chi connectivity index (χ3v) is 2.75. The summed E-state index contributed by atoms with van der Waals surface area (Å²) in [6, 6.07) is 0.489. The maximum Gasteiger partial charge on any atom is 0.226 e. The standard InChI is InChI=1S/C9H16N2O/c1-2-11(8-5-10-6-8)9(12)7-3-4-7/h7-8,10H,2-6H2,1H3. The van der Waals surface area contributed by atoms with Gasteiger partial charge in [-0.15, -0.1) is 0 Å². The largest absolute Gasteiger partial charge is 0.337 e. The number of carbonyl (C=O) groups is 1. The molecule has 1 saturated carbocycles. The van der Waals surface area contributed by atoms with E-state index in [2.05, 4.69) is 12.2 Å². The van der Waals surface area contributed by atoms with Crippen LogP contribution < -0.4 is 5.32 Å². The fourth-order valence-electron chi connectivity index (χ4n) is 1.65. The number of nitrogens with one attached hydrogen (secondary N) is 1. The second-order valence-corrected chi connectivity index (χ2v) is 3.71. The van der Waals surface area contributed by atoms with E-state index in [4.69, 9.17) is 0 Å². The molecule has 2 rings (SSSR count). The lowest BCUT2D eigenvalue weighted by Gasteiger charge is -2.37. The summed E-state index contributed by atoms with van der Waals surface area (Å²) in [4.78, 5) is 13.7. The van der Waals surface area contributed by atoms with Crippen molar-refractivity contribution in [2.24, 2.45) is 5.92 Å². The average molecular weight is 168 g/mol. The maximum atomic E-state index is 11.7. The molecule has 1 N–H and O–H groups in total. The van der Waals surface area contributed by atoms with Gasteiger partial charge in [-0.3, -0.25) is 4.79 Å². The van der Waals surface area contributed by atoms with Gasteiger partial charge in [0.15, 0.2) is 0 Å². The zero-order chi connectivity index (χ0) is 8.55. The van der Waals surface area contributed by atoms with Gasteiger partial charge in [0.05, 0.1) is 6.04 Å². The van der Waals surface area contributed by atoms with Gasteiger partial charge in [0.2, 0.25) is 5.91 Å². The fraction of sp³-hybridized carbons (Fsp3) is 0.889. The molecule has 1 aliphatic heterocycles. The van der Waals surface area contributed by atoms with E-state index in [1.165, 1.54) is 0 Å². The summed E-state index contributed by atoms with van der Waals surface area (Å²) in [6.07, 6.45) is 2.24. The molecule has 1 aliphatic carbocycles. The van der Waals surface area contributed by atoms with Crippen LogP contribution in [0.5, 0.6) is 0 Å². The molecular formula is C9H16N2O. The Hall–Kier alpha value is -0.570. The minimum atomic E-state index is 0.380. The van der Waals surface area contributed by atoms with Crippen LogP contribution in [0.1, 0.15) is 19.8 Å². The summed E-state index contributed by atoms with van der Waals surface area (Å²) in [5.41, 5.74) is 0. The predicted octanol–water partition coefficient (Wildman–Crippen LogP) is 0.217. The van der Waals surface area contributed by atoms with Crippen LogP contribution in [0.25, 0.3) is 0 Å². The summed E-state index contributed by atoms with van der Waals surface area (Å²) in [6.45, 7) is 4.93. The molecule has 0 atom stereocenters. The summed E-state index contributed by atoms with van der Waals surface area (Å²) >= 11 is 0. The summed E-state index contributed by atoms with van der Waals surface area (Å²) in [7, 11) is 0. The zero-order valence-electron chi connectivity index (χ0n) is 7.55. The number of likely N-dealkylation sites (N-methyl/N-ethyl adjacent to an activating group) is 1. The van der Waals surface area contributed by atoms with Crippen molar-refractivity contribution in [2.45, 2.75) is 25.8 Å². The Balaban J connectivity index is 1.91. The quantitative estimate of drug-likeness (QED) is 0.653. The van der Waals surface area contributed by atoms with Crippen molar-refractivity contribution in [1.29, 1.82) is 0 Å². The van der Waals surface area contributed by atoms with Crippen LogP contribution in [0.3, 0.4) is 0 Å². The van der Waals surface area contributed by atoms with Crippen molar-refractivity contribution in [3.8, 4) is 0 Å². The van der Waals surface area contributed by atoms with Crippen LogP contribution in [-0.2, 0) is 4.79 Å². The second kappa shape index (κ2) is 3.05. The van der Waals surface area contributed by atoms with E-state index in [0.717, 1.165) is 32.5 Å². The lowest BCUT2D eigenvalue weighted by Crippen LogP contribution is -2.59. The average Bonchev–Trinajstić information content (AvgIpc) is 2.76. The molecule has 0 aromatic rings. The maximum absolute atomic E-state index is 11.7. The Morgan fingerprint density at radius 3 is 2.50 bits per heavy atom. The predicted molar refractivity (Wildman–Crippen MR) is 46.8 cm³/mol. The number of hydrogen-bond donors (Lipinski definition) is 1. The van der Waals surface area contributed by atoms with Crippen LogP contribution >= 0.6 is 0 Å². The van der Waals surface area contributed by atoms with Gasteiger partial charge < -0.3 is 10.2 Å². The Kier molecular flexibility index (Phi) is 2.05. The number of amides is 1. The van der Waals surface area contributed by atoms with Crippen LogP contribution in [0.15, 0.2) is 0 Å². The molecule has 3 nitrogen and oxygen atoms in total. The van der Waals surface area contributed by atoms with Crippen molar-refractivity contribution < 1.29 is 4.79 Å². The van der Waals surface area contributed by atoms with Gasteiger partial charge in [0.25, 0.3) is 0 Å². The number of rotatable bonds is 3. The first-order valence-electron chi connectivity index (χ1n) is 4.84. The molecule has 1 heterocycles. The van der Waals surface area contributed by atoms with Gasteiger partial charge in [-0.2, -0.15) is 0 Å².